The van der Waals surface area contributed by atoms with Crippen molar-refractivity contribution in [1.82, 2.24) is 10.2 Å². The largest absolute Gasteiger partial charge is 0.493 e. The van der Waals surface area contributed by atoms with E-state index in [2.05, 4.69) is 17.1 Å². The van der Waals surface area contributed by atoms with Gasteiger partial charge in [0.15, 0.2) is 5.78 Å². The molecule has 1 heterocycles. The molecule has 1 aliphatic rings. The second-order valence-electron chi connectivity index (χ2n) is 6.11. The SMILES string of the molecule is CCCOc1cc(C)c(C(=O)CN2CCNCC2)c(C)c1C. The molecule has 0 aromatic heterocycles. The van der Waals surface area contributed by atoms with Crippen molar-refractivity contribution in [3.63, 3.8) is 0 Å². The summed E-state index contributed by atoms with van der Waals surface area (Å²) in [4.78, 5) is 15.0. The third kappa shape index (κ3) is 3.87. The minimum Gasteiger partial charge on any atom is -0.493 e. The molecule has 0 saturated carbocycles. The summed E-state index contributed by atoms with van der Waals surface area (Å²) < 4.78 is 5.80. The van der Waals surface area contributed by atoms with Gasteiger partial charge in [-0.25, -0.2) is 0 Å². The Balaban J connectivity index is 2.19. The van der Waals surface area contributed by atoms with E-state index in [0.717, 1.165) is 60.6 Å². The molecule has 2 rings (SSSR count). The van der Waals surface area contributed by atoms with Gasteiger partial charge in [0, 0.05) is 31.7 Å². The lowest BCUT2D eigenvalue weighted by atomic mass is 9.94. The quantitative estimate of drug-likeness (QED) is 0.820. The van der Waals surface area contributed by atoms with Gasteiger partial charge in [-0.05, 0) is 49.9 Å². The molecule has 0 atom stereocenters. The van der Waals surface area contributed by atoms with Crippen LogP contribution < -0.4 is 10.1 Å². The highest BCUT2D eigenvalue weighted by Gasteiger charge is 2.20. The summed E-state index contributed by atoms with van der Waals surface area (Å²) in [6.07, 6.45) is 0.987. The molecule has 0 bridgehead atoms. The van der Waals surface area contributed by atoms with Gasteiger partial charge >= 0.3 is 0 Å². The smallest absolute Gasteiger partial charge is 0.177 e. The van der Waals surface area contributed by atoms with E-state index in [0.29, 0.717) is 13.2 Å². The van der Waals surface area contributed by atoms with Crippen LogP contribution in [0.15, 0.2) is 6.07 Å². The molecule has 1 aromatic carbocycles. The summed E-state index contributed by atoms with van der Waals surface area (Å²) in [5.74, 6) is 1.14. The molecule has 1 N–H and O–H groups in total. The monoisotopic (exact) mass is 304 g/mol. The van der Waals surface area contributed by atoms with Gasteiger partial charge in [0.05, 0.1) is 13.2 Å². The predicted octanol–water partition coefficient (Wildman–Crippen LogP) is 2.49. The second kappa shape index (κ2) is 7.75. The van der Waals surface area contributed by atoms with Crippen LogP contribution in [0.4, 0.5) is 0 Å². The molecule has 1 aliphatic heterocycles. The first-order valence-electron chi connectivity index (χ1n) is 8.24. The van der Waals surface area contributed by atoms with Gasteiger partial charge in [-0.3, -0.25) is 9.69 Å². The maximum atomic E-state index is 12.7. The number of rotatable bonds is 6. The lowest BCUT2D eigenvalue weighted by Gasteiger charge is -2.27. The summed E-state index contributed by atoms with van der Waals surface area (Å²) in [5, 5.41) is 3.32. The molecule has 0 radical (unpaired) electrons. The molecule has 1 fully saturated rings. The minimum atomic E-state index is 0.224. The number of ketones is 1. The van der Waals surface area contributed by atoms with Crippen molar-refractivity contribution in [1.29, 1.82) is 0 Å². The van der Waals surface area contributed by atoms with Crippen molar-refractivity contribution in [2.45, 2.75) is 34.1 Å². The highest BCUT2D eigenvalue weighted by atomic mass is 16.5. The number of aryl methyl sites for hydroxylation is 1. The van der Waals surface area contributed by atoms with Crippen molar-refractivity contribution in [2.75, 3.05) is 39.3 Å². The van der Waals surface area contributed by atoms with Gasteiger partial charge in [-0.2, -0.15) is 0 Å². The predicted molar refractivity (Wildman–Crippen MR) is 90.1 cm³/mol. The van der Waals surface area contributed by atoms with Crippen LogP contribution in [0.3, 0.4) is 0 Å². The molecule has 4 nitrogen and oxygen atoms in total. The Morgan fingerprint density at radius 2 is 1.91 bits per heavy atom. The van der Waals surface area contributed by atoms with Crippen LogP contribution in [-0.2, 0) is 0 Å². The lowest BCUT2D eigenvalue weighted by Crippen LogP contribution is -2.45. The summed E-state index contributed by atoms with van der Waals surface area (Å²) in [5.41, 5.74) is 4.04. The van der Waals surface area contributed by atoms with E-state index >= 15 is 0 Å². The van der Waals surface area contributed by atoms with E-state index in [-0.39, 0.29) is 5.78 Å². The Bertz CT molecular complexity index is 534. The fourth-order valence-corrected chi connectivity index (χ4v) is 2.99. The molecule has 22 heavy (non-hydrogen) atoms. The van der Waals surface area contributed by atoms with E-state index in [4.69, 9.17) is 4.74 Å². The average Bonchev–Trinajstić information content (AvgIpc) is 2.50. The van der Waals surface area contributed by atoms with E-state index in [1.165, 1.54) is 0 Å². The second-order valence-corrected chi connectivity index (χ2v) is 6.11. The number of carbonyl (C=O) groups excluding carboxylic acids is 1. The first kappa shape index (κ1) is 17.0. The number of nitrogens with zero attached hydrogens (tertiary/aromatic N) is 1. The minimum absolute atomic E-state index is 0.224. The van der Waals surface area contributed by atoms with Crippen LogP contribution in [0, 0.1) is 20.8 Å². The van der Waals surface area contributed by atoms with Gasteiger partial charge in [0.25, 0.3) is 0 Å². The fraction of sp³-hybridized carbons (Fsp3) is 0.611. The van der Waals surface area contributed by atoms with Crippen molar-refractivity contribution < 1.29 is 9.53 Å². The van der Waals surface area contributed by atoms with Gasteiger partial charge in [-0.1, -0.05) is 6.92 Å². The van der Waals surface area contributed by atoms with Crippen LogP contribution in [0.1, 0.15) is 40.4 Å². The van der Waals surface area contributed by atoms with E-state index in [1.807, 2.05) is 26.8 Å². The Kier molecular flexibility index (Phi) is 5.98. The third-order valence-corrected chi connectivity index (χ3v) is 4.37. The first-order valence-corrected chi connectivity index (χ1v) is 8.24. The topological polar surface area (TPSA) is 41.6 Å². The Labute approximate surface area is 133 Å². The zero-order valence-electron chi connectivity index (χ0n) is 14.3. The number of ether oxygens (including phenoxy) is 1. The van der Waals surface area contributed by atoms with E-state index in [1.54, 1.807) is 0 Å². The molecule has 122 valence electrons. The zero-order chi connectivity index (χ0) is 16.1. The number of hydrogen-bond acceptors (Lipinski definition) is 4. The van der Waals surface area contributed by atoms with Crippen LogP contribution in [0.2, 0.25) is 0 Å². The summed E-state index contributed by atoms with van der Waals surface area (Å²) >= 11 is 0. The molecular weight excluding hydrogens is 276 g/mol. The van der Waals surface area contributed by atoms with E-state index in [9.17, 15) is 4.79 Å². The molecule has 0 amide bonds. The zero-order valence-corrected chi connectivity index (χ0v) is 14.3. The molecule has 4 heteroatoms. The number of piperazine rings is 1. The standard InChI is InChI=1S/C18H28N2O2/c1-5-10-22-17-11-13(2)18(15(4)14(17)3)16(21)12-20-8-6-19-7-9-20/h11,19H,5-10,12H2,1-4H3. The number of carbonyl (C=O) groups is 1. The first-order chi connectivity index (χ1) is 10.5. The molecule has 0 unspecified atom stereocenters. The highest BCUT2D eigenvalue weighted by molar-refractivity contribution is 6.00. The van der Waals surface area contributed by atoms with Crippen molar-refractivity contribution in [3.05, 3.63) is 28.3 Å². The maximum Gasteiger partial charge on any atom is 0.177 e. The van der Waals surface area contributed by atoms with Crippen molar-refractivity contribution in [2.24, 2.45) is 0 Å². The van der Waals surface area contributed by atoms with Gasteiger partial charge in [0.1, 0.15) is 5.75 Å². The van der Waals surface area contributed by atoms with Crippen LogP contribution in [0.5, 0.6) is 5.75 Å². The Morgan fingerprint density at radius 3 is 2.55 bits per heavy atom. The summed E-state index contributed by atoms with van der Waals surface area (Å²) in [6, 6.07) is 2.02. The van der Waals surface area contributed by atoms with Gasteiger partial charge in [-0.15, -0.1) is 0 Å². The van der Waals surface area contributed by atoms with Crippen molar-refractivity contribution >= 4 is 5.78 Å². The van der Waals surface area contributed by atoms with Gasteiger partial charge < -0.3 is 10.1 Å². The van der Waals surface area contributed by atoms with Gasteiger partial charge in [0.2, 0.25) is 0 Å². The molecule has 0 aliphatic carbocycles. The number of benzene rings is 1. The lowest BCUT2D eigenvalue weighted by molar-refractivity contribution is 0.0920. The Hall–Kier alpha value is -1.39. The summed E-state index contributed by atoms with van der Waals surface area (Å²) in [6.45, 7) is 13.2. The normalized spacial score (nSPS) is 15.8. The van der Waals surface area contributed by atoms with Crippen LogP contribution >= 0.6 is 0 Å². The average molecular weight is 304 g/mol. The Morgan fingerprint density at radius 1 is 1.23 bits per heavy atom. The molecule has 1 saturated heterocycles. The van der Waals surface area contributed by atoms with Crippen molar-refractivity contribution in [3.8, 4) is 5.75 Å². The maximum absolute atomic E-state index is 12.7. The number of nitrogens with one attached hydrogen (secondary N) is 1. The molecule has 0 spiro atoms. The third-order valence-electron chi connectivity index (χ3n) is 4.37. The molecular formula is C18H28N2O2. The summed E-state index contributed by atoms with van der Waals surface area (Å²) in [7, 11) is 0. The van der Waals surface area contributed by atoms with E-state index < -0.39 is 0 Å². The highest BCUT2D eigenvalue weighted by Crippen LogP contribution is 2.28. The molecule has 1 aromatic rings. The van der Waals surface area contributed by atoms with Crippen LogP contribution in [0.25, 0.3) is 0 Å². The number of Topliss-reactive ketones (excluding diaryl/α,β-unsaturated/α-hetero) is 1. The number of hydrogen-bond donors (Lipinski definition) is 1. The fourth-order valence-electron chi connectivity index (χ4n) is 2.99. The van der Waals surface area contributed by atoms with Crippen LogP contribution in [-0.4, -0.2) is 50.0 Å².